The van der Waals surface area contributed by atoms with Gasteiger partial charge >= 0.3 is 5.97 Å². The molecule has 1 N–H and O–H groups in total. The van der Waals surface area contributed by atoms with Gasteiger partial charge in [-0.3, -0.25) is 4.57 Å². The number of aliphatic hydroxyl groups is 1. The summed E-state index contributed by atoms with van der Waals surface area (Å²) in [4.78, 5) is 24.9. The molecule has 0 spiro atoms. The summed E-state index contributed by atoms with van der Waals surface area (Å²) < 4.78 is 13.1. The second-order valence-electron chi connectivity index (χ2n) is 7.29. The minimum absolute atomic E-state index is 0.0500. The van der Waals surface area contributed by atoms with Gasteiger partial charge in [0.2, 0.25) is 0 Å². The third-order valence-electron chi connectivity index (χ3n) is 5.09. The Morgan fingerprint density at radius 1 is 1.28 bits per heavy atom. The van der Waals surface area contributed by atoms with Gasteiger partial charge in [-0.2, -0.15) is 0 Å². The zero-order valence-electron chi connectivity index (χ0n) is 16.3. The number of hydrogen-bond donors (Lipinski definition) is 1. The fraction of sp³-hybridized carbons (Fsp3) is 0.400. The summed E-state index contributed by atoms with van der Waals surface area (Å²) in [6, 6.07) is 3.88. The molecule has 0 saturated carbocycles. The van der Waals surface area contributed by atoms with Crippen LogP contribution in [0.4, 0.5) is 0 Å². The van der Waals surface area contributed by atoms with E-state index in [0.29, 0.717) is 23.1 Å². The summed E-state index contributed by atoms with van der Waals surface area (Å²) in [5.41, 5.74) is 4.34. The Kier molecular flexibility index (Phi) is 5.24. The van der Waals surface area contributed by atoms with E-state index in [-0.39, 0.29) is 11.8 Å². The summed E-state index contributed by atoms with van der Waals surface area (Å²) in [5.74, 6) is -0.424. The summed E-state index contributed by atoms with van der Waals surface area (Å²) >= 11 is 6.04. The Balaban J connectivity index is 1.46. The number of carbonyl (C=O) groups excluding carboxylic acids is 1. The summed E-state index contributed by atoms with van der Waals surface area (Å²) in [6.45, 7) is 5.69. The average Bonchev–Trinajstić information content (AvgIpc) is 3.23. The zero-order valence-corrected chi connectivity index (χ0v) is 17.1. The van der Waals surface area contributed by atoms with Crippen molar-refractivity contribution in [2.24, 2.45) is 0 Å². The van der Waals surface area contributed by atoms with Crippen molar-refractivity contribution >= 4 is 28.7 Å². The predicted molar refractivity (Wildman–Crippen MR) is 106 cm³/mol. The van der Waals surface area contributed by atoms with E-state index in [1.54, 1.807) is 10.9 Å². The predicted octanol–water partition coefficient (Wildman–Crippen LogP) is 2.91. The molecule has 9 heteroatoms. The Hall–Kier alpha value is -2.55. The molecule has 3 aromatic rings. The largest absolute Gasteiger partial charge is 0.459 e. The number of fused-ring (bicyclic) bond motifs is 1. The van der Waals surface area contributed by atoms with Gasteiger partial charge in [0.25, 0.3) is 0 Å². The zero-order chi connectivity index (χ0) is 20.7. The quantitative estimate of drug-likeness (QED) is 0.515. The lowest BCUT2D eigenvalue weighted by atomic mass is 10.00. The molecular formula is C20H21ClN4O4. The van der Waals surface area contributed by atoms with Crippen molar-refractivity contribution in [1.82, 2.24) is 19.5 Å². The van der Waals surface area contributed by atoms with Crippen LogP contribution in [-0.2, 0) is 9.47 Å². The van der Waals surface area contributed by atoms with Crippen LogP contribution in [0.1, 0.15) is 39.7 Å². The van der Waals surface area contributed by atoms with E-state index in [2.05, 4.69) is 15.0 Å². The molecule has 3 heterocycles. The standard InChI is InChI=1S/C20H21ClN4O4/c1-10-4-11(2)16(12(3)5-10)20(27)28-7-14-13(26)6-15(29-14)25-9-24-17-18(21)22-8-23-19(17)25/h4-5,8-9,13-15,26H,6-7H2,1-3H3/t13-,14+,15+/m0/s1. The highest BCUT2D eigenvalue weighted by Gasteiger charge is 2.37. The van der Waals surface area contributed by atoms with Crippen LogP contribution >= 0.6 is 11.6 Å². The lowest BCUT2D eigenvalue weighted by molar-refractivity contribution is -0.0509. The average molecular weight is 417 g/mol. The van der Waals surface area contributed by atoms with E-state index >= 15 is 0 Å². The van der Waals surface area contributed by atoms with Crippen LogP contribution in [0.2, 0.25) is 5.15 Å². The van der Waals surface area contributed by atoms with Crippen molar-refractivity contribution in [3.63, 3.8) is 0 Å². The third-order valence-corrected chi connectivity index (χ3v) is 5.36. The molecule has 1 aliphatic heterocycles. The third kappa shape index (κ3) is 3.71. The van der Waals surface area contributed by atoms with Gasteiger partial charge in [-0.1, -0.05) is 29.3 Å². The van der Waals surface area contributed by atoms with Crippen LogP contribution in [0.3, 0.4) is 0 Å². The molecule has 0 aliphatic carbocycles. The lowest BCUT2D eigenvalue weighted by Gasteiger charge is -2.17. The number of rotatable bonds is 4. The van der Waals surface area contributed by atoms with Gasteiger partial charge < -0.3 is 14.6 Å². The van der Waals surface area contributed by atoms with Gasteiger partial charge in [-0.25, -0.2) is 19.7 Å². The molecule has 0 unspecified atom stereocenters. The van der Waals surface area contributed by atoms with Gasteiger partial charge in [0.05, 0.1) is 18.0 Å². The number of esters is 1. The molecule has 0 bridgehead atoms. The van der Waals surface area contributed by atoms with Crippen LogP contribution in [0, 0.1) is 20.8 Å². The van der Waals surface area contributed by atoms with Crippen LogP contribution in [0.15, 0.2) is 24.8 Å². The summed E-state index contributed by atoms with van der Waals surface area (Å²) in [6.07, 6.45) is 1.29. The molecule has 1 aliphatic rings. The first-order valence-corrected chi connectivity index (χ1v) is 9.64. The fourth-order valence-electron chi connectivity index (χ4n) is 3.80. The van der Waals surface area contributed by atoms with Crippen molar-refractivity contribution in [3.8, 4) is 0 Å². The van der Waals surface area contributed by atoms with Gasteiger partial charge in [0.15, 0.2) is 10.8 Å². The van der Waals surface area contributed by atoms with Crippen LogP contribution < -0.4 is 0 Å². The van der Waals surface area contributed by atoms with E-state index in [1.807, 2.05) is 32.9 Å². The Morgan fingerprint density at radius 2 is 2.00 bits per heavy atom. The van der Waals surface area contributed by atoms with Crippen molar-refractivity contribution in [2.75, 3.05) is 6.61 Å². The molecule has 1 aromatic carbocycles. The van der Waals surface area contributed by atoms with Gasteiger partial charge in [-0.15, -0.1) is 0 Å². The minimum atomic E-state index is -0.789. The number of aliphatic hydroxyl groups excluding tert-OH is 1. The molecule has 4 rings (SSSR count). The van der Waals surface area contributed by atoms with Crippen molar-refractivity contribution in [1.29, 1.82) is 0 Å². The van der Waals surface area contributed by atoms with E-state index in [4.69, 9.17) is 21.1 Å². The minimum Gasteiger partial charge on any atom is -0.459 e. The monoisotopic (exact) mass is 416 g/mol. The maximum Gasteiger partial charge on any atom is 0.338 e. The van der Waals surface area contributed by atoms with Crippen molar-refractivity contribution in [3.05, 3.63) is 52.2 Å². The Morgan fingerprint density at radius 3 is 2.72 bits per heavy atom. The molecule has 2 aromatic heterocycles. The Labute approximate surface area is 172 Å². The number of imidazole rings is 1. The first-order chi connectivity index (χ1) is 13.8. The van der Waals surface area contributed by atoms with Crippen LogP contribution in [0.5, 0.6) is 0 Å². The highest BCUT2D eigenvalue weighted by molar-refractivity contribution is 6.33. The first kappa shape index (κ1) is 19.8. The second kappa shape index (κ2) is 7.70. The first-order valence-electron chi connectivity index (χ1n) is 9.26. The number of aromatic nitrogens is 4. The number of halogens is 1. The molecule has 1 fully saturated rings. The van der Waals surface area contributed by atoms with E-state index in [9.17, 15) is 9.90 Å². The highest BCUT2D eigenvalue weighted by Crippen LogP contribution is 2.32. The molecule has 1 saturated heterocycles. The van der Waals surface area contributed by atoms with Gasteiger partial charge in [-0.05, 0) is 31.9 Å². The van der Waals surface area contributed by atoms with Crippen LogP contribution in [-0.4, -0.2) is 49.4 Å². The van der Waals surface area contributed by atoms with Crippen LogP contribution in [0.25, 0.3) is 11.2 Å². The molecule has 0 radical (unpaired) electrons. The smallest absolute Gasteiger partial charge is 0.338 e. The maximum absolute atomic E-state index is 12.6. The van der Waals surface area contributed by atoms with E-state index in [1.165, 1.54) is 6.33 Å². The molecule has 29 heavy (non-hydrogen) atoms. The Bertz CT molecular complexity index is 1060. The molecular weight excluding hydrogens is 396 g/mol. The number of nitrogens with zero attached hydrogens (tertiary/aromatic N) is 4. The highest BCUT2D eigenvalue weighted by atomic mass is 35.5. The maximum atomic E-state index is 12.6. The topological polar surface area (TPSA) is 99.4 Å². The molecule has 0 amide bonds. The number of ether oxygens (including phenoxy) is 2. The van der Waals surface area contributed by atoms with Crippen molar-refractivity contribution in [2.45, 2.75) is 45.6 Å². The number of hydrogen-bond acceptors (Lipinski definition) is 7. The number of carbonyl (C=O) groups is 1. The summed E-state index contributed by atoms with van der Waals surface area (Å²) in [5, 5.41) is 10.7. The van der Waals surface area contributed by atoms with E-state index < -0.39 is 24.4 Å². The van der Waals surface area contributed by atoms with E-state index in [0.717, 1.165) is 16.7 Å². The number of benzene rings is 1. The molecule has 152 valence electrons. The second-order valence-corrected chi connectivity index (χ2v) is 7.65. The van der Waals surface area contributed by atoms with Crippen molar-refractivity contribution < 1.29 is 19.4 Å². The van der Waals surface area contributed by atoms with Gasteiger partial charge in [0, 0.05) is 6.42 Å². The lowest BCUT2D eigenvalue weighted by Crippen LogP contribution is -2.28. The molecule has 8 nitrogen and oxygen atoms in total. The van der Waals surface area contributed by atoms with Gasteiger partial charge in [0.1, 0.15) is 30.8 Å². The summed E-state index contributed by atoms with van der Waals surface area (Å²) in [7, 11) is 0. The SMILES string of the molecule is Cc1cc(C)c(C(=O)OC[C@H]2O[C@@H](n3cnc4c(Cl)ncnc43)C[C@@H]2O)c(C)c1. The molecule has 3 atom stereocenters. The number of aryl methyl sites for hydroxylation is 3. The normalized spacial score (nSPS) is 21.6. The fourth-order valence-corrected chi connectivity index (χ4v) is 3.98.